The summed E-state index contributed by atoms with van der Waals surface area (Å²) in [7, 11) is 0. The van der Waals surface area contributed by atoms with Crippen molar-refractivity contribution in [3.05, 3.63) is 72.1 Å². The van der Waals surface area contributed by atoms with E-state index in [4.69, 9.17) is 8.83 Å². The normalized spacial score (nSPS) is 10.2. The first-order valence-electron chi connectivity index (χ1n) is 7.10. The Hall–Kier alpha value is -0.880. The van der Waals surface area contributed by atoms with Gasteiger partial charge in [-0.05, 0) is 49.2 Å². The molecule has 0 aliphatic heterocycles. The van der Waals surface area contributed by atoms with Crippen molar-refractivity contribution in [2.75, 3.05) is 0 Å². The molecule has 0 N–H and O–H groups in total. The van der Waals surface area contributed by atoms with Crippen LogP contribution in [0.2, 0.25) is 0 Å². The molecule has 0 atom stereocenters. The van der Waals surface area contributed by atoms with Gasteiger partial charge in [-0.2, -0.15) is 0 Å². The maximum absolute atomic E-state index is 5.67. The van der Waals surface area contributed by atoms with Gasteiger partial charge in [0.25, 0.3) is 0 Å². The van der Waals surface area contributed by atoms with E-state index in [9.17, 15) is 0 Å². The SMILES string of the molecule is Cc1ccc2oc([CH-][CH-]c3nc4cc(C)ccc4o3)nc2c1.[Na+].[Na+]. The molecule has 0 amide bonds. The van der Waals surface area contributed by atoms with Gasteiger partial charge in [-0.15, -0.1) is 0 Å². The quantitative estimate of drug-likeness (QED) is 0.334. The number of rotatable bonds is 3. The van der Waals surface area contributed by atoms with Gasteiger partial charge in [0, 0.05) is 11.8 Å². The Kier molecular flexibility index (Phi) is 6.48. The Morgan fingerprint density at radius 3 is 1.54 bits per heavy atom. The van der Waals surface area contributed by atoms with E-state index in [1.54, 1.807) is 12.8 Å². The number of aryl methyl sites for hydroxylation is 2. The fraction of sp³-hybridized carbons (Fsp3) is 0.111. The number of aromatic nitrogens is 2. The van der Waals surface area contributed by atoms with Crippen LogP contribution in [0.15, 0.2) is 45.2 Å². The molecule has 0 aliphatic carbocycles. The smallest absolute Gasteiger partial charge is 0.474 e. The largest absolute Gasteiger partial charge is 1.00 e. The summed E-state index contributed by atoms with van der Waals surface area (Å²) in [6.07, 6.45) is 3.54. The maximum atomic E-state index is 5.67. The molecule has 2 aromatic heterocycles. The minimum absolute atomic E-state index is 0. The number of nitrogens with zero attached hydrogens (tertiary/aromatic N) is 2. The molecular formula is C18H14N2Na2O2. The molecule has 4 rings (SSSR count). The third-order valence-electron chi connectivity index (χ3n) is 3.49. The van der Waals surface area contributed by atoms with Crippen LogP contribution >= 0.6 is 0 Å². The molecular weight excluding hydrogens is 322 g/mol. The second kappa shape index (κ2) is 8.00. The molecule has 0 aliphatic rings. The molecule has 0 spiro atoms. The van der Waals surface area contributed by atoms with E-state index in [1.807, 2.05) is 50.2 Å². The van der Waals surface area contributed by atoms with Gasteiger partial charge in [0.1, 0.15) is 11.0 Å². The van der Waals surface area contributed by atoms with Crippen LogP contribution in [0.25, 0.3) is 22.2 Å². The van der Waals surface area contributed by atoms with Crippen LogP contribution < -0.4 is 59.1 Å². The first-order valence-corrected chi connectivity index (χ1v) is 7.10. The van der Waals surface area contributed by atoms with Crippen LogP contribution in [0.4, 0.5) is 0 Å². The van der Waals surface area contributed by atoms with Crippen LogP contribution in [0, 0.1) is 26.7 Å². The average Bonchev–Trinajstić information content (AvgIpc) is 3.07. The summed E-state index contributed by atoms with van der Waals surface area (Å²) < 4.78 is 11.3. The molecule has 0 saturated carbocycles. The molecule has 0 fully saturated rings. The van der Waals surface area contributed by atoms with Gasteiger partial charge in [-0.25, -0.2) is 9.97 Å². The summed E-state index contributed by atoms with van der Waals surface area (Å²) in [5.41, 5.74) is 5.58. The Balaban J connectivity index is 0.00000104. The van der Waals surface area contributed by atoms with Gasteiger partial charge in [0.05, 0.1) is 0 Å². The zero-order valence-electron chi connectivity index (χ0n) is 14.3. The van der Waals surface area contributed by atoms with Crippen LogP contribution in [0.3, 0.4) is 0 Å². The number of benzene rings is 2. The summed E-state index contributed by atoms with van der Waals surface area (Å²) in [6.45, 7) is 4.06. The van der Waals surface area contributed by atoms with E-state index >= 15 is 0 Å². The summed E-state index contributed by atoms with van der Waals surface area (Å²) in [5.74, 6) is 1.08. The summed E-state index contributed by atoms with van der Waals surface area (Å²) in [4.78, 5) is 8.87. The van der Waals surface area contributed by atoms with Crippen molar-refractivity contribution < 1.29 is 67.9 Å². The van der Waals surface area contributed by atoms with Crippen molar-refractivity contribution in [1.82, 2.24) is 9.97 Å². The molecule has 2 aromatic carbocycles. The Labute approximate surface area is 184 Å². The molecule has 2 heterocycles. The topological polar surface area (TPSA) is 52.1 Å². The third-order valence-corrected chi connectivity index (χ3v) is 3.49. The van der Waals surface area contributed by atoms with Crippen molar-refractivity contribution in [3.8, 4) is 0 Å². The van der Waals surface area contributed by atoms with Gasteiger partial charge in [0.2, 0.25) is 0 Å². The standard InChI is InChI=1S/C18H14N2O2.2Na/c1-11-3-5-15-13(9-11)19-17(21-15)7-8-18-20-14-10-12(2)4-6-16(14)22-18;;/h3-10H,1-2H3;;/q-2;2*+1. The predicted octanol–water partition coefficient (Wildman–Crippen LogP) is -1.60. The van der Waals surface area contributed by atoms with E-state index in [-0.39, 0.29) is 59.1 Å². The number of hydrogen-bond donors (Lipinski definition) is 0. The Bertz CT molecular complexity index is 896. The third kappa shape index (κ3) is 4.02. The molecule has 24 heavy (non-hydrogen) atoms. The van der Waals surface area contributed by atoms with Gasteiger partial charge < -0.3 is 21.7 Å². The second-order valence-electron chi connectivity index (χ2n) is 5.38. The molecule has 0 radical (unpaired) electrons. The average molecular weight is 336 g/mol. The Morgan fingerprint density at radius 1 is 0.708 bits per heavy atom. The van der Waals surface area contributed by atoms with Gasteiger partial charge >= 0.3 is 59.1 Å². The van der Waals surface area contributed by atoms with E-state index in [0.717, 1.165) is 33.3 Å². The summed E-state index contributed by atoms with van der Waals surface area (Å²) in [6, 6.07) is 11.9. The number of oxazole rings is 2. The Morgan fingerprint density at radius 2 is 1.12 bits per heavy atom. The predicted molar refractivity (Wildman–Crippen MR) is 84.3 cm³/mol. The van der Waals surface area contributed by atoms with E-state index in [1.165, 1.54) is 0 Å². The minimum Gasteiger partial charge on any atom is -0.474 e. The summed E-state index contributed by atoms with van der Waals surface area (Å²) in [5, 5.41) is 0. The molecule has 110 valence electrons. The number of hydrogen-bond acceptors (Lipinski definition) is 4. The maximum Gasteiger partial charge on any atom is 1.00 e. The van der Waals surface area contributed by atoms with Crippen molar-refractivity contribution in [3.63, 3.8) is 0 Å². The second-order valence-corrected chi connectivity index (χ2v) is 5.38. The van der Waals surface area contributed by atoms with E-state index in [0.29, 0.717) is 11.8 Å². The summed E-state index contributed by atoms with van der Waals surface area (Å²) >= 11 is 0. The van der Waals surface area contributed by atoms with Gasteiger partial charge in [0.15, 0.2) is 11.2 Å². The molecule has 4 nitrogen and oxygen atoms in total. The molecule has 6 heteroatoms. The van der Waals surface area contributed by atoms with Gasteiger partial charge in [-0.3, -0.25) is 0 Å². The monoisotopic (exact) mass is 336 g/mol. The first kappa shape index (κ1) is 19.4. The van der Waals surface area contributed by atoms with Gasteiger partial charge in [-0.1, -0.05) is 12.1 Å². The fourth-order valence-electron chi connectivity index (χ4n) is 2.40. The molecule has 0 saturated heterocycles. The zero-order valence-corrected chi connectivity index (χ0v) is 18.3. The molecule has 0 unspecified atom stereocenters. The first-order chi connectivity index (χ1) is 10.7. The van der Waals surface area contributed by atoms with Crippen LogP contribution in [-0.2, 0) is 0 Å². The fourth-order valence-corrected chi connectivity index (χ4v) is 2.40. The van der Waals surface area contributed by atoms with Crippen molar-refractivity contribution in [2.24, 2.45) is 0 Å². The van der Waals surface area contributed by atoms with Crippen molar-refractivity contribution in [2.45, 2.75) is 13.8 Å². The molecule has 4 aromatic rings. The number of fused-ring (bicyclic) bond motifs is 2. The van der Waals surface area contributed by atoms with Crippen LogP contribution in [0.1, 0.15) is 22.9 Å². The van der Waals surface area contributed by atoms with Crippen molar-refractivity contribution in [1.29, 1.82) is 0 Å². The van der Waals surface area contributed by atoms with Crippen molar-refractivity contribution >= 4 is 22.2 Å². The minimum atomic E-state index is 0. The van der Waals surface area contributed by atoms with E-state index < -0.39 is 0 Å². The van der Waals surface area contributed by atoms with Crippen LogP contribution in [-0.4, -0.2) is 9.97 Å². The zero-order chi connectivity index (χ0) is 15.1. The van der Waals surface area contributed by atoms with Crippen LogP contribution in [0.5, 0.6) is 0 Å². The van der Waals surface area contributed by atoms with E-state index in [2.05, 4.69) is 9.97 Å². The molecule has 0 bridgehead atoms.